The van der Waals surface area contributed by atoms with Crippen LogP contribution in [0.5, 0.6) is 0 Å². The summed E-state index contributed by atoms with van der Waals surface area (Å²) in [6, 6.07) is 55.1. The number of halogens is 3. The standard InChI is InChI=1S/C35H40B2N2O6.C21H20BN2O2.C14H20BBrO4.CH3F.CH4.BrH/c1-41-36(42-2)30-9-3-8-27(21-30)24-38-14-4-10-32-33-11-5-15-39(35(33)13-12-34(32)38)25-28-20-29(26-43-17-6-16-40)23-31(22-28)37-44-18-7-19-45-37;1-25-22(26-2)17-7-3-6-16(14-17)15-24-13-5-9-19-18-8-4-12-23-20(18)10-11-21(19)24;16-10-12-7-13(11-18-4-1-3-17)9-14(8-12)15-19-5-2-6-20-15;1-2;;/h3-5,8-15,20-23,40H,6-7,16-19,24-26H2,1-2H3;3-14H,15H2,1-2H3;7-9,17H,1-6,10-11H2;1H3;1H4;1H/q+2;+1;;;;/p-1/i;;;1D;;. The highest BCUT2D eigenvalue weighted by Gasteiger charge is 2.28. The molecule has 10 aromatic rings. The Morgan fingerprint density at radius 2 is 0.916 bits per heavy atom. The summed E-state index contributed by atoms with van der Waals surface area (Å²) in [5.41, 5.74) is 15.5. The van der Waals surface area contributed by atoms with E-state index in [1.165, 1.54) is 49.3 Å². The summed E-state index contributed by atoms with van der Waals surface area (Å²) in [4.78, 5) is 4.46. The van der Waals surface area contributed by atoms with E-state index in [1.54, 1.807) is 28.4 Å². The molecular formula is C72H87B4Br2FN4O12+2. The first-order valence-electron chi connectivity index (χ1n) is 32.1. The molecule has 0 spiro atoms. The normalized spacial score (nSPS) is 12.9. The summed E-state index contributed by atoms with van der Waals surface area (Å²) < 4.78 is 78.6. The van der Waals surface area contributed by atoms with Crippen molar-refractivity contribution in [2.75, 3.05) is 88.4 Å². The van der Waals surface area contributed by atoms with Crippen molar-refractivity contribution in [3.8, 4) is 0 Å². The van der Waals surface area contributed by atoms with E-state index in [0.717, 1.165) is 94.0 Å². The highest BCUT2D eigenvalue weighted by Crippen LogP contribution is 2.24. The third-order valence-corrected chi connectivity index (χ3v) is 16.5. The highest BCUT2D eigenvalue weighted by atomic mass is 79.9. The summed E-state index contributed by atoms with van der Waals surface area (Å²) in [7, 11) is 4.24. The van der Waals surface area contributed by atoms with Gasteiger partial charge in [0.1, 0.15) is 0 Å². The summed E-state index contributed by atoms with van der Waals surface area (Å²) >= 11 is 3.49. The molecule has 2 N–H and O–H groups in total. The molecule has 2 aliphatic heterocycles. The second kappa shape index (κ2) is 40.4. The van der Waals surface area contributed by atoms with E-state index in [2.05, 4.69) is 181 Å². The predicted molar refractivity (Wildman–Crippen MR) is 376 cm³/mol. The Hall–Kier alpha value is -6.37. The van der Waals surface area contributed by atoms with E-state index >= 15 is 0 Å². The molecule has 6 aromatic carbocycles. The summed E-state index contributed by atoms with van der Waals surface area (Å²) in [5.74, 6) is 0. The molecule has 0 bridgehead atoms. The van der Waals surface area contributed by atoms with E-state index in [0.29, 0.717) is 59.0 Å². The quantitative estimate of drug-likeness (QED) is 0.0252. The molecule has 0 saturated carbocycles. The van der Waals surface area contributed by atoms with Gasteiger partial charge in [-0.1, -0.05) is 108 Å². The van der Waals surface area contributed by atoms with Crippen LogP contribution in [0.3, 0.4) is 0 Å². The topological polar surface area (TPSA) is 157 Å². The van der Waals surface area contributed by atoms with Crippen LogP contribution >= 0.6 is 15.9 Å². The van der Waals surface area contributed by atoms with Crippen molar-refractivity contribution in [1.29, 1.82) is 0 Å². The zero-order valence-electron chi connectivity index (χ0n) is 55.0. The number of ether oxygens (including phenoxy) is 2. The number of hydrogen-bond donors (Lipinski definition) is 2. The number of aromatic nitrogens is 4. The number of pyridine rings is 4. The Kier molecular flexibility index (Phi) is 31.6. The Morgan fingerprint density at radius 3 is 1.36 bits per heavy atom. The van der Waals surface area contributed by atoms with Crippen molar-refractivity contribution in [2.24, 2.45) is 0 Å². The maximum Gasteiger partial charge on any atom is 0.493 e. The number of hydrogen-bond acceptors (Lipinski definition) is 13. The Bertz CT molecular complexity index is 3990. The minimum Gasteiger partial charge on any atom is -1.00 e. The van der Waals surface area contributed by atoms with Crippen LogP contribution in [0.4, 0.5) is 4.39 Å². The maximum absolute atomic E-state index is 9.96. The van der Waals surface area contributed by atoms with Crippen molar-refractivity contribution >= 4 is 110 Å². The van der Waals surface area contributed by atoms with Gasteiger partial charge in [0, 0.05) is 151 Å². The van der Waals surface area contributed by atoms with Gasteiger partial charge >= 0.3 is 28.5 Å². The lowest BCUT2D eigenvalue weighted by Crippen LogP contribution is -3.00. The predicted octanol–water partition coefficient (Wildman–Crippen LogP) is 5.23. The minimum absolute atomic E-state index is 0. The van der Waals surface area contributed by atoms with E-state index in [9.17, 15) is 4.39 Å². The van der Waals surface area contributed by atoms with Crippen LogP contribution < -0.4 is 52.5 Å². The van der Waals surface area contributed by atoms with Gasteiger partial charge in [-0.3, -0.25) is 9.37 Å². The van der Waals surface area contributed by atoms with Gasteiger partial charge in [-0.05, 0) is 101 Å². The molecular weight excluding hydrogens is 1330 g/mol. The first-order chi connectivity index (χ1) is 46.2. The molecule has 95 heavy (non-hydrogen) atoms. The fourth-order valence-corrected chi connectivity index (χ4v) is 12.0. The van der Waals surface area contributed by atoms with Gasteiger partial charge in [0.2, 0.25) is 16.6 Å². The van der Waals surface area contributed by atoms with Gasteiger partial charge in [-0.15, -0.1) is 0 Å². The van der Waals surface area contributed by atoms with Crippen LogP contribution in [0.15, 0.2) is 183 Å². The molecule has 23 heteroatoms. The van der Waals surface area contributed by atoms with Crippen molar-refractivity contribution in [3.63, 3.8) is 0 Å². The molecule has 498 valence electrons. The maximum atomic E-state index is 9.96. The van der Waals surface area contributed by atoms with Crippen LogP contribution in [0.2, 0.25) is 0 Å². The lowest BCUT2D eigenvalue weighted by molar-refractivity contribution is -0.664. The summed E-state index contributed by atoms with van der Waals surface area (Å²) in [5, 5.41) is 23.4. The molecule has 12 rings (SSSR count). The van der Waals surface area contributed by atoms with Crippen LogP contribution in [0.25, 0.3) is 43.6 Å². The molecule has 2 saturated heterocycles. The van der Waals surface area contributed by atoms with Crippen LogP contribution in [0, 0.1) is 0 Å². The average Bonchev–Trinajstić information content (AvgIpc) is 0.781. The Balaban J connectivity index is 0.000000216. The third kappa shape index (κ3) is 21.1. The van der Waals surface area contributed by atoms with Gasteiger partial charge in [0.15, 0.2) is 38.2 Å². The highest BCUT2D eigenvalue weighted by molar-refractivity contribution is 9.08. The van der Waals surface area contributed by atoms with E-state index in [4.69, 9.17) is 58.3 Å². The molecule has 2 aliphatic rings. The van der Waals surface area contributed by atoms with Crippen molar-refractivity contribution in [1.82, 2.24) is 4.98 Å². The number of alkyl halides is 2. The number of fused-ring (bicyclic) bond motifs is 6. The fraction of sp³-hybridized carbons (Fsp3) is 0.333. The molecule has 0 radical (unpaired) electrons. The van der Waals surface area contributed by atoms with Gasteiger partial charge in [-0.25, -0.2) is 0 Å². The minimum atomic E-state index is -1.00. The first-order valence-corrected chi connectivity index (χ1v) is 32.5. The Morgan fingerprint density at radius 1 is 0.516 bits per heavy atom. The number of nitrogens with zero attached hydrogens (tertiary/aromatic N) is 4. The summed E-state index contributed by atoms with van der Waals surface area (Å²) in [6.07, 6.45) is 11.4. The van der Waals surface area contributed by atoms with Crippen LogP contribution in [-0.2, 0) is 84.9 Å². The molecule has 4 aromatic heterocycles. The van der Waals surface area contributed by atoms with Gasteiger partial charge in [0.05, 0.1) is 43.4 Å². The van der Waals surface area contributed by atoms with Gasteiger partial charge in [-0.2, -0.15) is 13.7 Å². The third-order valence-electron chi connectivity index (χ3n) is 15.9. The monoisotopic (exact) mass is 1420 g/mol. The van der Waals surface area contributed by atoms with E-state index in [1.807, 2.05) is 36.5 Å². The van der Waals surface area contributed by atoms with Crippen LogP contribution in [0.1, 0.15) is 67.9 Å². The lowest BCUT2D eigenvalue weighted by atomic mass is 9.76. The van der Waals surface area contributed by atoms with Gasteiger partial charge in [0.25, 0.3) is 0 Å². The first kappa shape index (κ1) is 74.4. The van der Waals surface area contributed by atoms with E-state index in [-0.39, 0.29) is 66.1 Å². The van der Waals surface area contributed by atoms with Crippen LogP contribution in [-0.4, -0.2) is 132 Å². The largest absolute Gasteiger partial charge is 1.00 e. The lowest BCUT2D eigenvalue weighted by Gasteiger charge is -2.21. The number of aliphatic hydroxyl groups is 2. The molecule has 0 unspecified atom stereocenters. The Labute approximate surface area is 580 Å². The van der Waals surface area contributed by atoms with Gasteiger partial charge < -0.3 is 73.9 Å². The van der Waals surface area contributed by atoms with Crippen molar-refractivity contribution in [2.45, 2.75) is 71.3 Å². The fourth-order valence-electron chi connectivity index (χ4n) is 11.7. The zero-order valence-corrected chi connectivity index (χ0v) is 57.1. The second-order valence-electron chi connectivity index (χ2n) is 22.4. The molecule has 2 fully saturated rings. The molecule has 0 aliphatic carbocycles. The second-order valence-corrected chi connectivity index (χ2v) is 23.0. The zero-order chi connectivity index (χ0) is 65.9. The summed E-state index contributed by atoms with van der Waals surface area (Å²) in [6.45, 7) is 7.44. The molecule has 0 atom stereocenters. The average molecular weight is 1420 g/mol. The SMILES string of the molecule is C.COB(OC)c1cccc(C[n+]2cccc3c4ccc[n+](Cc5cc(COCCCO)cc(B6OCCCO6)c5)c4ccc32)c1.COB(OC)c1cccc(C[n+]2cccc3c4cccnc4ccc32)c1.OCCCOCc1cc(CBr)cc(B2OCCCO2)c1.[2H]CF.[Br-]. The molecule has 6 heterocycles. The number of rotatable bonds is 25. The number of aliphatic hydroxyl groups excluding tert-OH is 2. The molecule has 0 amide bonds. The molecule has 16 nitrogen and oxygen atoms in total. The van der Waals surface area contributed by atoms with Crippen molar-refractivity contribution in [3.05, 3.63) is 216 Å². The smallest absolute Gasteiger partial charge is 0.493 e. The van der Waals surface area contributed by atoms with Crippen molar-refractivity contribution < 1.29 is 93.4 Å². The number of benzene rings is 6. The van der Waals surface area contributed by atoms with E-state index < -0.39 is 7.15 Å².